The van der Waals surface area contributed by atoms with Gasteiger partial charge in [0.2, 0.25) is 0 Å². The first-order chi connectivity index (χ1) is 8.04. The van der Waals surface area contributed by atoms with Crippen molar-refractivity contribution in [3.05, 3.63) is 0 Å². The Morgan fingerprint density at radius 3 is 2.18 bits per heavy atom. The molecular weight excluding hydrogens is 210 g/mol. The summed E-state index contributed by atoms with van der Waals surface area (Å²) in [6.45, 7) is 8.60. The monoisotopic (exact) mass is 241 g/mol. The third kappa shape index (κ3) is 5.87. The van der Waals surface area contributed by atoms with Crippen molar-refractivity contribution in [1.29, 1.82) is 0 Å². The highest BCUT2D eigenvalue weighted by molar-refractivity contribution is 4.83. The van der Waals surface area contributed by atoms with Crippen molar-refractivity contribution >= 4 is 0 Å². The predicted molar refractivity (Wildman–Crippen MR) is 74.1 cm³/mol. The average Bonchev–Trinajstić information content (AvgIpc) is 2.28. The molecular formula is C15H31NO. The molecule has 1 rings (SSSR count). The molecule has 1 aliphatic carbocycles. The van der Waals surface area contributed by atoms with Gasteiger partial charge < -0.3 is 10.4 Å². The summed E-state index contributed by atoms with van der Waals surface area (Å²) in [4.78, 5) is 0. The SMILES string of the molecule is CC(C)(C)C1CCC(NCCCCCO)CC1. The van der Waals surface area contributed by atoms with Crippen molar-refractivity contribution in [3.8, 4) is 0 Å². The van der Waals surface area contributed by atoms with Crippen molar-refractivity contribution in [1.82, 2.24) is 5.32 Å². The number of nitrogens with one attached hydrogen (secondary N) is 1. The Morgan fingerprint density at radius 2 is 1.65 bits per heavy atom. The molecule has 1 saturated carbocycles. The van der Waals surface area contributed by atoms with E-state index in [1.807, 2.05) is 0 Å². The molecule has 0 aromatic carbocycles. The summed E-state index contributed by atoms with van der Waals surface area (Å²) in [6, 6.07) is 0.753. The first-order valence-corrected chi connectivity index (χ1v) is 7.38. The van der Waals surface area contributed by atoms with Gasteiger partial charge in [-0.1, -0.05) is 20.8 Å². The lowest BCUT2D eigenvalue weighted by atomic mass is 9.71. The molecule has 1 aliphatic rings. The maximum Gasteiger partial charge on any atom is 0.0431 e. The standard InChI is InChI=1S/C15H31NO/c1-15(2,3)13-7-9-14(10-8-13)16-11-5-4-6-12-17/h13-14,16-17H,4-12H2,1-3H3. The quantitative estimate of drug-likeness (QED) is 0.699. The molecule has 2 N–H and O–H groups in total. The second kappa shape index (κ2) is 7.38. The van der Waals surface area contributed by atoms with Crippen LogP contribution >= 0.6 is 0 Å². The smallest absolute Gasteiger partial charge is 0.0431 e. The lowest BCUT2D eigenvalue weighted by Crippen LogP contribution is -2.36. The molecule has 0 heterocycles. The van der Waals surface area contributed by atoms with Gasteiger partial charge in [0.1, 0.15) is 0 Å². The van der Waals surface area contributed by atoms with Gasteiger partial charge in [0.05, 0.1) is 0 Å². The zero-order chi connectivity index (χ0) is 12.7. The van der Waals surface area contributed by atoms with E-state index in [-0.39, 0.29) is 0 Å². The van der Waals surface area contributed by atoms with E-state index in [4.69, 9.17) is 5.11 Å². The van der Waals surface area contributed by atoms with E-state index >= 15 is 0 Å². The van der Waals surface area contributed by atoms with Crippen LogP contribution in [0.4, 0.5) is 0 Å². The normalized spacial score (nSPS) is 26.1. The number of aliphatic hydroxyl groups excluding tert-OH is 1. The number of unbranched alkanes of at least 4 members (excludes halogenated alkanes) is 2. The third-order valence-corrected chi connectivity index (χ3v) is 4.22. The molecule has 102 valence electrons. The summed E-state index contributed by atoms with van der Waals surface area (Å²) in [5, 5.41) is 12.4. The van der Waals surface area contributed by atoms with Gasteiger partial charge in [-0.15, -0.1) is 0 Å². The fourth-order valence-corrected chi connectivity index (χ4v) is 2.88. The molecule has 0 atom stereocenters. The Bertz CT molecular complexity index is 190. The molecule has 0 spiro atoms. The Labute approximate surface area is 107 Å². The van der Waals surface area contributed by atoms with Crippen LogP contribution in [0.1, 0.15) is 65.7 Å². The summed E-state index contributed by atoms with van der Waals surface area (Å²) in [7, 11) is 0. The van der Waals surface area contributed by atoms with Crippen LogP contribution in [0.2, 0.25) is 0 Å². The van der Waals surface area contributed by atoms with Crippen LogP contribution in [-0.2, 0) is 0 Å². The fraction of sp³-hybridized carbons (Fsp3) is 1.00. The largest absolute Gasteiger partial charge is 0.396 e. The van der Waals surface area contributed by atoms with Gasteiger partial charge in [0, 0.05) is 12.6 Å². The Morgan fingerprint density at radius 1 is 1.00 bits per heavy atom. The maximum atomic E-state index is 8.70. The lowest BCUT2D eigenvalue weighted by Gasteiger charge is -2.37. The van der Waals surface area contributed by atoms with E-state index < -0.39 is 0 Å². The van der Waals surface area contributed by atoms with Crippen LogP contribution in [-0.4, -0.2) is 24.3 Å². The third-order valence-electron chi connectivity index (χ3n) is 4.22. The first kappa shape index (κ1) is 15.0. The second-order valence-electron chi connectivity index (χ2n) is 6.65. The molecule has 0 aromatic heterocycles. The minimum Gasteiger partial charge on any atom is -0.396 e. The van der Waals surface area contributed by atoms with Crippen LogP contribution < -0.4 is 5.32 Å². The van der Waals surface area contributed by atoms with Crippen LogP contribution in [0.25, 0.3) is 0 Å². The number of aliphatic hydroxyl groups is 1. The van der Waals surface area contributed by atoms with Crippen molar-refractivity contribution in [2.24, 2.45) is 11.3 Å². The van der Waals surface area contributed by atoms with E-state index in [0.29, 0.717) is 12.0 Å². The van der Waals surface area contributed by atoms with Crippen LogP contribution in [0.3, 0.4) is 0 Å². The van der Waals surface area contributed by atoms with Crippen molar-refractivity contribution < 1.29 is 5.11 Å². The Balaban J connectivity index is 2.07. The van der Waals surface area contributed by atoms with Gasteiger partial charge in [0.25, 0.3) is 0 Å². The molecule has 1 fully saturated rings. The van der Waals surface area contributed by atoms with Crippen LogP contribution in [0.5, 0.6) is 0 Å². The van der Waals surface area contributed by atoms with Gasteiger partial charge in [-0.3, -0.25) is 0 Å². The number of hydrogen-bond donors (Lipinski definition) is 2. The number of rotatable bonds is 6. The molecule has 2 nitrogen and oxygen atoms in total. The van der Waals surface area contributed by atoms with Crippen molar-refractivity contribution in [2.75, 3.05) is 13.2 Å². The van der Waals surface area contributed by atoms with E-state index in [0.717, 1.165) is 31.3 Å². The summed E-state index contributed by atoms with van der Waals surface area (Å²) in [5.41, 5.74) is 0.492. The molecule has 2 heteroatoms. The fourth-order valence-electron chi connectivity index (χ4n) is 2.88. The zero-order valence-electron chi connectivity index (χ0n) is 12.0. The van der Waals surface area contributed by atoms with Gasteiger partial charge in [0.15, 0.2) is 0 Å². The molecule has 0 unspecified atom stereocenters. The number of hydrogen-bond acceptors (Lipinski definition) is 2. The van der Waals surface area contributed by atoms with E-state index in [1.165, 1.54) is 32.1 Å². The average molecular weight is 241 g/mol. The Hall–Kier alpha value is -0.0800. The predicted octanol–water partition coefficient (Wildman–Crippen LogP) is 3.34. The highest BCUT2D eigenvalue weighted by atomic mass is 16.2. The summed E-state index contributed by atoms with van der Waals surface area (Å²) < 4.78 is 0. The summed E-state index contributed by atoms with van der Waals surface area (Å²) >= 11 is 0. The van der Waals surface area contributed by atoms with Crippen LogP contribution in [0, 0.1) is 11.3 Å². The molecule has 0 aromatic rings. The maximum absolute atomic E-state index is 8.70. The van der Waals surface area contributed by atoms with Gasteiger partial charge in [-0.05, 0) is 62.8 Å². The van der Waals surface area contributed by atoms with E-state index in [2.05, 4.69) is 26.1 Å². The first-order valence-electron chi connectivity index (χ1n) is 7.38. The molecule has 0 radical (unpaired) electrons. The summed E-state index contributed by atoms with van der Waals surface area (Å²) in [5.74, 6) is 0.912. The van der Waals surface area contributed by atoms with E-state index in [1.54, 1.807) is 0 Å². The lowest BCUT2D eigenvalue weighted by molar-refractivity contribution is 0.160. The Kier molecular flexibility index (Phi) is 6.50. The minimum absolute atomic E-state index is 0.344. The van der Waals surface area contributed by atoms with E-state index in [9.17, 15) is 0 Å². The molecule has 17 heavy (non-hydrogen) atoms. The van der Waals surface area contributed by atoms with Gasteiger partial charge in [-0.2, -0.15) is 0 Å². The molecule has 0 aliphatic heterocycles. The second-order valence-corrected chi connectivity index (χ2v) is 6.65. The van der Waals surface area contributed by atoms with Crippen LogP contribution in [0.15, 0.2) is 0 Å². The molecule has 0 saturated heterocycles. The zero-order valence-corrected chi connectivity index (χ0v) is 12.0. The van der Waals surface area contributed by atoms with Gasteiger partial charge in [-0.25, -0.2) is 0 Å². The summed E-state index contributed by atoms with van der Waals surface area (Å²) in [6.07, 6.45) is 8.79. The van der Waals surface area contributed by atoms with Crippen molar-refractivity contribution in [3.63, 3.8) is 0 Å². The molecule has 0 bridgehead atoms. The highest BCUT2D eigenvalue weighted by Crippen LogP contribution is 2.37. The molecule has 0 amide bonds. The highest BCUT2D eigenvalue weighted by Gasteiger charge is 2.29. The van der Waals surface area contributed by atoms with Crippen molar-refractivity contribution in [2.45, 2.75) is 71.8 Å². The minimum atomic E-state index is 0.344. The van der Waals surface area contributed by atoms with Gasteiger partial charge >= 0.3 is 0 Å². The topological polar surface area (TPSA) is 32.3 Å².